The predicted molar refractivity (Wildman–Crippen MR) is 79.1 cm³/mol. The molecule has 2 rings (SSSR count). The molecule has 1 atom stereocenters. The van der Waals surface area contributed by atoms with Gasteiger partial charge in [-0.3, -0.25) is 0 Å². The zero-order chi connectivity index (χ0) is 13.0. The quantitative estimate of drug-likeness (QED) is 0.695. The Balaban J connectivity index is 2.16. The molecular formula is C18H22. The van der Waals surface area contributed by atoms with Crippen molar-refractivity contribution in [1.82, 2.24) is 0 Å². The van der Waals surface area contributed by atoms with Crippen molar-refractivity contribution in [1.29, 1.82) is 0 Å². The molecule has 94 valence electrons. The molecule has 0 aliphatic rings. The van der Waals surface area contributed by atoms with Crippen molar-refractivity contribution < 1.29 is 0 Å². The molecule has 0 bridgehead atoms. The van der Waals surface area contributed by atoms with Crippen LogP contribution in [0, 0.1) is 6.92 Å². The van der Waals surface area contributed by atoms with E-state index in [1.165, 1.54) is 28.7 Å². The van der Waals surface area contributed by atoms with Crippen molar-refractivity contribution in [2.24, 2.45) is 0 Å². The fourth-order valence-electron chi connectivity index (χ4n) is 2.19. The molecule has 0 heterocycles. The Hall–Kier alpha value is -1.56. The lowest BCUT2D eigenvalue weighted by Gasteiger charge is -2.11. The largest absolute Gasteiger partial charge is 0.0648 e. The summed E-state index contributed by atoms with van der Waals surface area (Å²) in [5.41, 5.74) is 5.59. The minimum atomic E-state index is 0.656. The van der Waals surface area contributed by atoms with E-state index in [1.807, 2.05) is 0 Å². The number of hydrogen-bond donors (Lipinski definition) is 0. The highest BCUT2D eigenvalue weighted by atomic mass is 14.1. The third kappa shape index (κ3) is 3.22. The standard InChI is InChI=1S/C18H22/c1-4-15(3)18-7-5-6-17(13-18)12-16-10-8-14(2)9-11-16/h5-11,13,15H,4,12H2,1-3H3. The molecule has 0 aliphatic carbocycles. The Morgan fingerprint density at radius 2 is 1.67 bits per heavy atom. The molecule has 0 fully saturated rings. The lowest BCUT2D eigenvalue weighted by Crippen LogP contribution is -1.94. The molecule has 1 unspecified atom stereocenters. The topological polar surface area (TPSA) is 0 Å². The van der Waals surface area contributed by atoms with E-state index in [-0.39, 0.29) is 0 Å². The van der Waals surface area contributed by atoms with Gasteiger partial charge >= 0.3 is 0 Å². The Morgan fingerprint density at radius 3 is 2.33 bits per heavy atom. The lowest BCUT2D eigenvalue weighted by atomic mass is 9.95. The van der Waals surface area contributed by atoms with E-state index in [2.05, 4.69) is 69.3 Å². The summed E-state index contributed by atoms with van der Waals surface area (Å²) in [6.45, 7) is 6.68. The van der Waals surface area contributed by atoms with Gasteiger partial charge in [-0.25, -0.2) is 0 Å². The van der Waals surface area contributed by atoms with Gasteiger partial charge in [0.15, 0.2) is 0 Å². The summed E-state index contributed by atoms with van der Waals surface area (Å²) in [5.74, 6) is 0.656. The molecule has 2 aromatic carbocycles. The van der Waals surface area contributed by atoms with E-state index >= 15 is 0 Å². The van der Waals surface area contributed by atoms with Crippen LogP contribution in [0.25, 0.3) is 0 Å². The maximum Gasteiger partial charge on any atom is -0.00257 e. The highest BCUT2D eigenvalue weighted by Gasteiger charge is 2.04. The SMILES string of the molecule is CCC(C)c1cccc(Cc2ccc(C)cc2)c1. The summed E-state index contributed by atoms with van der Waals surface area (Å²) in [6.07, 6.45) is 2.23. The molecule has 18 heavy (non-hydrogen) atoms. The average Bonchev–Trinajstić information content (AvgIpc) is 2.41. The summed E-state index contributed by atoms with van der Waals surface area (Å²) < 4.78 is 0. The monoisotopic (exact) mass is 238 g/mol. The fraction of sp³-hybridized carbons (Fsp3) is 0.333. The molecule has 0 aliphatic heterocycles. The van der Waals surface area contributed by atoms with E-state index in [4.69, 9.17) is 0 Å². The third-order valence-electron chi connectivity index (χ3n) is 3.66. The van der Waals surface area contributed by atoms with Crippen molar-refractivity contribution in [2.75, 3.05) is 0 Å². The zero-order valence-corrected chi connectivity index (χ0v) is 11.6. The number of rotatable bonds is 4. The highest BCUT2D eigenvalue weighted by Crippen LogP contribution is 2.21. The molecule has 0 spiro atoms. The lowest BCUT2D eigenvalue weighted by molar-refractivity contribution is 0.732. The van der Waals surface area contributed by atoms with Gasteiger partial charge in [-0.1, -0.05) is 67.9 Å². The van der Waals surface area contributed by atoms with E-state index in [0.29, 0.717) is 5.92 Å². The summed E-state index contributed by atoms with van der Waals surface area (Å²) in [6, 6.07) is 17.8. The van der Waals surface area contributed by atoms with Crippen LogP contribution in [0.4, 0.5) is 0 Å². The van der Waals surface area contributed by atoms with E-state index < -0.39 is 0 Å². The van der Waals surface area contributed by atoms with Gasteiger partial charge in [0.25, 0.3) is 0 Å². The zero-order valence-electron chi connectivity index (χ0n) is 11.6. The van der Waals surface area contributed by atoms with Crippen molar-refractivity contribution >= 4 is 0 Å². The summed E-state index contributed by atoms with van der Waals surface area (Å²) >= 11 is 0. The molecule has 0 saturated heterocycles. The second kappa shape index (κ2) is 5.86. The highest BCUT2D eigenvalue weighted by molar-refractivity contribution is 5.32. The van der Waals surface area contributed by atoms with Gasteiger partial charge < -0.3 is 0 Å². The first kappa shape index (κ1) is 12.9. The smallest absolute Gasteiger partial charge is 0.00257 e. The number of aryl methyl sites for hydroxylation is 1. The first-order valence-corrected chi connectivity index (χ1v) is 6.83. The minimum absolute atomic E-state index is 0.656. The molecule has 0 aromatic heterocycles. The Kier molecular flexibility index (Phi) is 4.19. The second-order valence-corrected chi connectivity index (χ2v) is 5.22. The van der Waals surface area contributed by atoms with E-state index in [9.17, 15) is 0 Å². The van der Waals surface area contributed by atoms with Gasteiger partial charge in [-0.15, -0.1) is 0 Å². The van der Waals surface area contributed by atoms with Crippen LogP contribution in [-0.4, -0.2) is 0 Å². The Bertz CT molecular complexity index is 494. The Morgan fingerprint density at radius 1 is 0.944 bits per heavy atom. The molecule has 0 amide bonds. The third-order valence-corrected chi connectivity index (χ3v) is 3.66. The molecule has 0 radical (unpaired) electrons. The van der Waals surface area contributed by atoms with Crippen molar-refractivity contribution in [3.05, 3.63) is 70.8 Å². The van der Waals surface area contributed by atoms with Gasteiger partial charge in [-0.2, -0.15) is 0 Å². The van der Waals surface area contributed by atoms with E-state index in [0.717, 1.165) is 6.42 Å². The summed E-state index contributed by atoms with van der Waals surface area (Å²) in [5, 5.41) is 0. The van der Waals surface area contributed by atoms with Crippen LogP contribution in [0.5, 0.6) is 0 Å². The molecule has 0 nitrogen and oxygen atoms in total. The maximum atomic E-state index is 2.36. The maximum absolute atomic E-state index is 2.36. The predicted octanol–water partition coefficient (Wildman–Crippen LogP) is 5.10. The van der Waals surface area contributed by atoms with Gasteiger partial charge in [0.2, 0.25) is 0 Å². The van der Waals surface area contributed by atoms with Crippen LogP contribution in [0.3, 0.4) is 0 Å². The van der Waals surface area contributed by atoms with Gasteiger partial charge in [0.1, 0.15) is 0 Å². The van der Waals surface area contributed by atoms with Crippen LogP contribution in [0.15, 0.2) is 48.5 Å². The van der Waals surface area contributed by atoms with Crippen LogP contribution < -0.4 is 0 Å². The van der Waals surface area contributed by atoms with E-state index in [1.54, 1.807) is 0 Å². The molecule has 0 saturated carbocycles. The number of hydrogen-bond acceptors (Lipinski definition) is 0. The first-order valence-electron chi connectivity index (χ1n) is 6.83. The van der Waals surface area contributed by atoms with Crippen LogP contribution in [0.1, 0.15) is 48.4 Å². The van der Waals surface area contributed by atoms with Crippen LogP contribution in [0.2, 0.25) is 0 Å². The molecular weight excluding hydrogens is 216 g/mol. The Labute approximate surface area is 111 Å². The van der Waals surface area contributed by atoms with Crippen LogP contribution in [-0.2, 0) is 6.42 Å². The molecule has 0 N–H and O–H groups in total. The average molecular weight is 238 g/mol. The van der Waals surface area contributed by atoms with Crippen LogP contribution >= 0.6 is 0 Å². The number of benzene rings is 2. The molecule has 2 aromatic rings. The minimum Gasteiger partial charge on any atom is -0.0648 e. The fourth-order valence-corrected chi connectivity index (χ4v) is 2.19. The normalized spacial score (nSPS) is 12.4. The first-order chi connectivity index (χ1) is 8.69. The van der Waals surface area contributed by atoms with Gasteiger partial charge in [0.05, 0.1) is 0 Å². The summed E-state index contributed by atoms with van der Waals surface area (Å²) in [7, 11) is 0. The van der Waals surface area contributed by atoms with Gasteiger partial charge in [-0.05, 0) is 42.4 Å². The molecule has 0 heteroatoms. The second-order valence-electron chi connectivity index (χ2n) is 5.22. The summed E-state index contributed by atoms with van der Waals surface area (Å²) in [4.78, 5) is 0. The van der Waals surface area contributed by atoms with Crippen molar-refractivity contribution in [3.8, 4) is 0 Å². The van der Waals surface area contributed by atoms with Crippen molar-refractivity contribution in [2.45, 2.75) is 39.5 Å². The van der Waals surface area contributed by atoms with Crippen molar-refractivity contribution in [3.63, 3.8) is 0 Å². The van der Waals surface area contributed by atoms with Gasteiger partial charge in [0, 0.05) is 0 Å².